The Morgan fingerprint density at radius 1 is 1.21 bits per heavy atom. The monoisotopic (exact) mass is 331 g/mol. The predicted octanol–water partition coefficient (Wildman–Crippen LogP) is -1.98. The Labute approximate surface area is 143 Å². The predicted molar refractivity (Wildman–Crippen MR) is 67.3 cm³/mol. The molecule has 1 aromatic rings. The summed E-state index contributed by atoms with van der Waals surface area (Å²) >= 11 is 0. The van der Waals surface area contributed by atoms with E-state index in [2.05, 4.69) is 31.2 Å². The molecule has 1 aromatic carbocycles. The van der Waals surface area contributed by atoms with Crippen LogP contribution in [-0.2, 0) is 21.7 Å². The number of para-hydroxylation sites is 1. The average molecular weight is 332 g/mol. The maximum atomic E-state index is 5.80. The fourth-order valence-electron chi connectivity index (χ4n) is 1.73. The Kier molecular flexibility index (Phi) is 12.9. The number of rotatable bonds is 5. The van der Waals surface area contributed by atoms with Gasteiger partial charge in [0, 0.05) is 0 Å². The molecule has 0 unspecified atom stereocenters. The minimum Gasteiger partial charge on any atom is -1.00 e. The van der Waals surface area contributed by atoms with Gasteiger partial charge in [0.1, 0.15) is 0 Å². The molecule has 19 heavy (non-hydrogen) atoms. The van der Waals surface area contributed by atoms with Gasteiger partial charge in [-0.2, -0.15) is 17.7 Å². The van der Waals surface area contributed by atoms with E-state index in [9.17, 15) is 0 Å². The molecule has 1 radical (unpaired) electrons. The molecule has 0 bridgehead atoms. The molecule has 2 rings (SSSR count). The van der Waals surface area contributed by atoms with Gasteiger partial charge >= 0.3 is 21.7 Å². The van der Waals surface area contributed by atoms with Gasteiger partial charge in [0.05, 0.1) is 12.4 Å². The summed E-state index contributed by atoms with van der Waals surface area (Å²) in [5.74, 6) is 0.977. The van der Waals surface area contributed by atoms with Gasteiger partial charge in [0.2, 0.25) is 0 Å². The molecule has 0 heterocycles. The van der Waals surface area contributed by atoms with Crippen LogP contribution in [0.2, 0.25) is 0 Å². The number of ether oxygens (including phenoxy) is 1. The van der Waals surface area contributed by atoms with E-state index in [1.54, 1.807) is 0 Å². The first-order valence-corrected chi connectivity index (χ1v) is 5.91. The van der Waals surface area contributed by atoms with Crippen LogP contribution >= 0.6 is 0 Å². The Balaban J connectivity index is 0. The van der Waals surface area contributed by atoms with E-state index in [1.807, 2.05) is 18.2 Å². The third-order valence-corrected chi connectivity index (χ3v) is 2.63. The fourth-order valence-corrected chi connectivity index (χ4v) is 1.73. The molecule has 0 aliphatic heterocycles. The van der Waals surface area contributed by atoms with Gasteiger partial charge in [-0.25, -0.2) is 0 Å². The number of benzene rings is 1. The van der Waals surface area contributed by atoms with Crippen LogP contribution in [0.3, 0.4) is 0 Å². The second-order valence-electron chi connectivity index (χ2n) is 3.90. The Bertz CT molecular complexity index is 416. The first-order chi connectivity index (χ1) is 7.92. The summed E-state index contributed by atoms with van der Waals surface area (Å²) in [6.45, 7) is 2.97. The van der Waals surface area contributed by atoms with Crippen LogP contribution in [-0.4, -0.2) is 6.61 Å². The summed E-state index contributed by atoms with van der Waals surface area (Å²) in [6, 6.07) is 8.19. The first kappa shape index (κ1) is 21.1. The zero-order valence-corrected chi connectivity index (χ0v) is 14.0. The summed E-state index contributed by atoms with van der Waals surface area (Å²) in [5.41, 5.74) is 2.32. The summed E-state index contributed by atoms with van der Waals surface area (Å²) in [5, 5.41) is 0. The van der Waals surface area contributed by atoms with E-state index in [1.165, 1.54) is 0 Å². The van der Waals surface area contributed by atoms with Crippen LogP contribution in [0.4, 0.5) is 0 Å². The average Bonchev–Trinajstić information content (AvgIpc) is 2.83. The normalized spacial score (nSPS) is 11.7. The minimum atomic E-state index is 0. The zero-order valence-electron chi connectivity index (χ0n) is 11.0. The van der Waals surface area contributed by atoms with Crippen LogP contribution in [0.25, 0.3) is 5.57 Å². The van der Waals surface area contributed by atoms with Crippen molar-refractivity contribution >= 4 is 5.57 Å². The second kappa shape index (κ2) is 11.6. The molecule has 1 aliphatic rings. The van der Waals surface area contributed by atoms with E-state index < -0.39 is 0 Å². The van der Waals surface area contributed by atoms with Crippen molar-refractivity contribution in [3.63, 3.8) is 0 Å². The molecular formula is C15H17Cl2OTi. The maximum Gasteiger partial charge on any atom is 3.00 e. The van der Waals surface area contributed by atoms with Crippen molar-refractivity contribution in [2.45, 2.75) is 26.2 Å². The molecule has 101 valence electrons. The number of halogens is 2. The summed E-state index contributed by atoms with van der Waals surface area (Å²) < 4.78 is 5.80. The van der Waals surface area contributed by atoms with E-state index in [4.69, 9.17) is 4.74 Å². The molecule has 0 fully saturated rings. The zero-order chi connectivity index (χ0) is 11.2. The van der Waals surface area contributed by atoms with Crippen molar-refractivity contribution in [1.29, 1.82) is 0 Å². The van der Waals surface area contributed by atoms with Crippen molar-refractivity contribution < 1.29 is 51.3 Å². The smallest absolute Gasteiger partial charge is 1.00 e. The molecule has 0 aromatic heterocycles. The molecule has 0 saturated heterocycles. The van der Waals surface area contributed by atoms with Crippen molar-refractivity contribution in [1.82, 2.24) is 0 Å². The van der Waals surface area contributed by atoms with Crippen molar-refractivity contribution in [3.05, 3.63) is 48.1 Å². The van der Waals surface area contributed by atoms with Gasteiger partial charge in [-0.1, -0.05) is 37.5 Å². The summed E-state index contributed by atoms with van der Waals surface area (Å²) in [7, 11) is 0. The Morgan fingerprint density at radius 2 is 1.95 bits per heavy atom. The van der Waals surface area contributed by atoms with Crippen molar-refractivity contribution in [3.8, 4) is 5.75 Å². The van der Waals surface area contributed by atoms with Crippen LogP contribution in [0.15, 0.2) is 36.4 Å². The molecule has 0 atom stereocenters. The maximum absolute atomic E-state index is 5.80. The summed E-state index contributed by atoms with van der Waals surface area (Å²) in [4.78, 5) is 0. The van der Waals surface area contributed by atoms with Crippen molar-refractivity contribution in [2.24, 2.45) is 0 Å². The number of hydrogen-bond donors (Lipinski definition) is 0. The third kappa shape index (κ3) is 6.18. The SMILES string of the molecule is CCCCOc1ccccc1C1=[C-]CC=C1.[Cl-].[Cl-].[Ti+3]. The van der Waals surface area contributed by atoms with Gasteiger partial charge in [0.25, 0.3) is 0 Å². The second-order valence-corrected chi connectivity index (χ2v) is 3.90. The van der Waals surface area contributed by atoms with Gasteiger partial charge in [-0.15, -0.1) is 12.1 Å². The van der Waals surface area contributed by atoms with Gasteiger partial charge in [0.15, 0.2) is 0 Å². The largest absolute Gasteiger partial charge is 3.00 e. The van der Waals surface area contributed by atoms with Crippen LogP contribution < -0.4 is 29.6 Å². The van der Waals surface area contributed by atoms with Gasteiger partial charge in [-0.05, 0) is 12.5 Å². The molecular weight excluding hydrogens is 315 g/mol. The molecule has 4 heteroatoms. The van der Waals surface area contributed by atoms with E-state index >= 15 is 0 Å². The number of allylic oxidation sites excluding steroid dienone is 4. The number of hydrogen-bond acceptors (Lipinski definition) is 1. The molecule has 0 spiro atoms. The summed E-state index contributed by atoms with van der Waals surface area (Å²) in [6.07, 6.45) is 10.7. The molecule has 0 N–H and O–H groups in total. The third-order valence-electron chi connectivity index (χ3n) is 2.63. The Morgan fingerprint density at radius 3 is 2.58 bits per heavy atom. The standard InChI is InChI=1S/C15H17O.2ClH.Ti/c1-2-3-12-16-15-11-7-6-10-14(15)13-8-4-5-9-13;;;/h4,6-8,10-11H,2-3,5,12H2,1H3;2*1H;/q-1;;;+3/p-2. The number of unbranched alkanes of at least 4 members (excludes halogenated alkanes) is 1. The van der Waals surface area contributed by atoms with Gasteiger partial charge < -0.3 is 29.6 Å². The topological polar surface area (TPSA) is 9.23 Å². The quantitative estimate of drug-likeness (QED) is 0.345. The van der Waals surface area contributed by atoms with E-state index in [0.717, 1.165) is 42.8 Å². The van der Waals surface area contributed by atoms with Crippen LogP contribution in [0, 0.1) is 6.08 Å². The fraction of sp³-hybridized carbons (Fsp3) is 0.333. The minimum absolute atomic E-state index is 0. The molecule has 0 amide bonds. The molecule has 1 aliphatic carbocycles. The van der Waals surface area contributed by atoms with Crippen LogP contribution in [0.5, 0.6) is 5.75 Å². The Hall–Kier alpha value is -0.206. The van der Waals surface area contributed by atoms with E-state index in [0.29, 0.717) is 0 Å². The first-order valence-electron chi connectivity index (χ1n) is 5.91. The van der Waals surface area contributed by atoms with Gasteiger partial charge in [-0.3, -0.25) is 0 Å². The molecule has 0 saturated carbocycles. The molecule has 1 nitrogen and oxygen atoms in total. The van der Waals surface area contributed by atoms with Crippen LogP contribution in [0.1, 0.15) is 31.7 Å². The van der Waals surface area contributed by atoms with E-state index in [-0.39, 0.29) is 46.5 Å². The van der Waals surface area contributed by atoms with Crippen molar-refractivity contribution in [2.75, 3.05) is 6.61 Å².